The summed E-state index contributed by atoms with van der Waals surface area (Å²) >= 11 is 1.59. The van der Waals surface area contributed by atoms with Crippen LogP contribution in [0.5, 0.6) is 0 Å². The van der Waals surface area contributed by atoms with Crippen molar-refractivity contribution in [2.24, 2.45) is 0 Å². The Morgan fingerprint density at radius 3 is 1.98 bits per heavy atom. The molecule has 40 heavy (non-hydrogen) atoms. The molecule has 0 aliphatic heterocycles. The lowest BCUT2D eigenvalue weighted by Crippen LogP contribution is -2.58. The topological polar surface area (TPSA) is 87.7 Å². The molecule has 220 valence electrons. The van der Waals surface area contributed by atoms with E-state index in [1.165, 1.54) is 0 Å². The third-order valence-electron chi connectivity index (χ3n) is 6.74. The number of rotatable bonds is 9. The minimum Gasteiger partial charge on any atom is -0.444 e. The van der Waals surface area contributed by atoms with Gasteiger partial charge in [0.1, 0.15) is 17.7 Å². The fourth-order valence-corrected chi connectivity index (χ4v) is 5.10. The van der Waals surface area contributed by atoms with E-state index in [0.717, 1.165) is 33.5 Å². The van der Waals surface area contributed by atoms with Gasteiger partial charge < -0.3 is 20.3 Å². The van der Waals surface area contributed by atoms with E-state index in [4.69, 9.17) is 4.74 Å². The Balaban J connectivity index is 2.68. The molecule has 7 nitrogen and oxygen atoms in total. The first kappa shape index (κ1) is 33.2. The summed E-state index contributed by atoms with van der Waals surface area (Å²) in [4.78, 5) is 43.2. The second kappa shape index (κ2) is 13.6. The van der Waals surface area contributed by atoms with Gasteiger partial charge in [0.15, 0.2) is 0 Å². The van der Waals surface area contributed by atoms with Crippen molar-refractivity contribution in [2.45, 2.75) is 98.9 Å². The predicted molar refractivity (Wildman–Crippen MR) is 166 cm³/mol. The first-order chi connectivity index (χ1) is 18.5. The van der Waals surface area contributed by atoms with Crippen LogP contribution in [0.15, 0.2) is 36.4 Å². The summed E-state index contributed by atoms with van der Waals surface area (Å²) in [6.07, 6.45) is 1.68. The van der Waals surface area contributed by atoms with Gasteiger partial charge in [-0.3, -0.25) is 9.59 Å². The molecule has 0 saturated heterocycles. The maximum Gasteiger partial charge on any atom is 0.408 e. The molecule has 2 rings (SSSR count). The van der Waals surface area contributed by atoms with E-state index in [9.17, 15) is 14.4 Å². The van der Waals surface area contributed by atoms with Crippen LogP contribution in [0.3, 0.4) is 0 Å². The van der Waals surface area contributed by atoms with Crippen molar-refractivity contribution in [1.29, 1.82) is 0 Å². The third kappa shape index (κ3) is 8.75. The first-order valence-corrected chi connectivity index (χ1v) is 15.1. The third-order valence-corrected chi connectivity index (χ3v) is 7.38. The summed E-state index contributed by atoms with van der Waals surface area (Å²) in [7, 11) is 0. The number of para-hydroxylation sites is 1. The zero-order valence-corrected chi connectivity index (χ0v) is 26.8. The van der Waals surface area contributed by atoms with E-state index in [1.807, 2.05) is 91.1 Å². The van der Waals surface area contributed by atoms with E-state index in [1.54, 1.807) is 37.4 Å². The average molecular weight is 570 g/mol. The van der Waals surface area contributed by atoms with Crippen LogP contribution in [-0.2, 0) is 14.3 Å². The molecule has 0 radical (unpaired) electrons. The molecule has 2 unspecified atom stereocenters. The number of nitrogens with zero attached hydrogens (tertiary/aromatic N) is 1. The molecule has 0 spiro atoms. The largest absolute Gasteiger partial charge is 0.444 e. The standard InChI is InChI=1S/C32H47N3O4S/c1-20-14-13-17-24(23(20)4)27(28(36)34-26-21(2)15-12-16-22(26)3)35(31(5,6)7)29(37)25(18-19-40-11)33-30(38)39-32(8,9)10/h12-17,25,27H,18-19H2,1-11H3,(H,33,38)(H,34,36). The molecule has 0 aliphatic carbocycles. The van der Waals surface area contributed by atoms with Gasteiger partial charge in [0.25, 0.3) is 5.91 Å². The van der Waals surface area contributed by atoms with E-state index >= 15 is 0 Å². The van der Waals surface area contributed by atoms with Crippen molar-refractivity contribution >= 4 is 35.4 Å². The minimum absolute atomic E-state index is 0.310. The summed E-state index contributed by atoms with van der Waals surface area (Å²) in [5.74, 6) is -0.00217. The molecule has 2 atom stereocenters. The van der Waals surface area contributed by atoms with E-state index < -0.39 is 29.3 Å². The molecule has 0 aromatic heterocycles. The second-order valence-electron chi connectivity index (χ2n) is 12.3. The number of ether oxygens (including phenoxy) is 1. The molecule has 0 fully saturated rings. The molecule has 8 heteroatoms. The van der Waals surface area contributed by atoms with Crippen molar-refractivity contribution < 1.29 is 19.1 Å². The van der Waals surface area contributed by atoms with Crippen molar-refractivity contribution in [3.05, 3.63) is 64.2 Å². The van der Waals surface area contributed by atoms with E-state index in [-0.39, 0.29) is 11.8 Å². The maximum absolute atomic E-state index is 14.5. The maximum atomic E-state index is 14.5. The van der Waals surface area contributed by atoms with E-state index in [0.29, 0.717) is 12.2 Å². The number of amides is 3. The Labute approximate surface area is 244 Å². The number of benzene rings is 2. The van der Waals surface area contributed by atoms with Crippen molar-refractivity contribution in [3.8, 4) is 0 Å². The molecule has 2 aromatic rings. The van der Waals surface area contributed by atoms with Gasteiger partial charge in [-0.05, 0) is 115 Å². The molecule has 0 saturated carbocycles. The van der Waals surface area contributed by atoms with Gasteiger partial charge in [-0.25, -0.2) is 4.79 Å². The smallest absolute Gasteiger partial charge is 0.408 e. The number of nitrogens with one attached hydrogen (secondary N) is 2. The normalized spacial score (nSPS) is 13.3. The van der Waals surface area contributed by atoms with Gasteiger partial charge in [0, 0.05) is 11.2 Å². The van der Waals surface area contributed by atoms with Crippen LogP contribution in [0, 0.1) is 27.7 Å². The van der Waals surface area contributed by atoms with E-state index in [2.05, 4.69) is 10.6 Å². The second-order valence-corrected chi connectivity index (χ2v) is 13.3. The van der Waals surface area contributed by atoms with Gasteiger partial charge in [-0.15, -0.1) is 0 Å². The Morgan fingerprint density at radius 2 is 1.45 bits per heavy atom. The van der Waals surface area contributed by atoms with Gasteiger partial charge in [0.05, 0.1) is 0 Å². The molecular weight excluding hydrogens is 522 g/mol. The summed E-state index contributed by atoms with van der Waals surface area (Å²) in [6.45, 7) is 18.9. The number of alkyl carbamates (subject to hydrolysis) is 1. The summed E-state index contributed by atoms with van der Waals surface area (Å²) in [5.41, 5.74) is 3.83. The fourth-order valence-electron chi connectivity index (χ4n) is 4.63. The lowest BCUT2D eigenvalue weighted by molar-refractivity contribution is -0.146. The molecule has 0 bridgehead atoms. The quantitative estimate of drug-likeness (QED) is 0.344. The number of carbonyl (C=O) groups is 3. The SMILES string of the molecule is CSCCC(NC(=O)OC(C)(C)C)C(=O)N(C(C(=O)Nc1c(C)cccc1C)c1cccc(C)c1C)C(C)(C)C. The summed E-state index contributed by atoms with van der Waals surface area (Å²) in [6, 6.07) is 9.84. The van der Waals surface area contributed by atoms with Gasteiger partial charge >= 0.3 is 6.09 Å². The van der Waals surface area contributed by atoms with Gasteiger partial charge in [0.2, 0.25) is 5.91 Å². The Hall–Kier alpha value is -3.00. The zero-order chi connectivity index (χ0) is 30.4. The minimum atomic E-state index is -0.941. The fraction of sp³-hybridized carbons (Fsp3) is 0.531. The highest BCUT2D eigenvalue weighted by atomic mass is 32.2. The van der Waals surface area contributed by atoms with Gasteiger partial charge in [-0.1, -0.05) is 36.4 Å². The molecule has 0 heterocycles. The number of hydrogen-bond acceptors (Lipinski definition) is 5. The Morgan fingerprint density at radius 1 is 0.900 bits per heavy atom. The molecule has 2 N–H and O–H groups in total. The van der Waals surface area contributed by atoms with Crippen molar-refractivity contribution in [2.75, 3.05) is 17.3 Å². The molecule has 3 amide bonds. The van der Waals surface area contributed by atoms with Crippen LogP contribution < -0.4 is 10.6 Å². The number of hydrogen-bond donors (Lipinski definition) is 2. The van der Waals surface area contributed by atoms with Gasteiger partial charge in [-0.2, -0.15) is 11.8 Å². The number of anilines is 1. The molecule has 2 aromatic carbocycles. The summed E-state index contributed by atoms with van der Waals surface area (Å²) < 4.78 is 5.49. The first-order valence-electron chi connectivity index (χ1n) is 13.7. The highest BCUT2D eigenvalue weighted by molar-refractivity contribution is 7.98. The van der Waals surface area contributed by atoms with Crippen LogP contribution in [0.4, 0.5) is 10.5 Å². The highest BCUT2D eigenvalue weighted by Crippen LogP contribution is 2.34. The number of carbonyl (C=O) groups excluding carboxylic acids is 3. The van der Waals surface area contributed by atoms with Crippen LogP contribution >= 0.6 is 11.8 Å². The van der Waals surface area contributed by atoms with Crippen molar-refractivity contribution in [3.63, 3.8) is 0 Å². The van der Waals surface area contributed by atoms with Crippen LogP contribution in [0.25, 0.3) is 0 Å². The molecule has 0 aliphatic rings. The Kier molecular flexibility index (Phi) is 11.3. The lowest BCUT2D eigenvalue weighted by atomic mass is 9.91. The number of thioether (sulfide) groups is 1. The van der Waals surface area contributed by atoms with Crippen molar-refractivity contribution in [1.82, 2.24) is 10.2 Å². The van der Waals surface area contributed by atoms with Crippen LogP contribution in [0.1, 0.15) is 81.8 Å². The molecular formula is C32H47N3O4S. The van der Waals surface area contributed by atoms with Crippen LogP contribution in [0.2, 0.25) is 0 Å². The summed E-state index contributed by atoms with van der Waals surface area (Å²) in [5, 5.41) is 5.94. The average Bonchev–Trinajstić information content (AvgIpc) is 2.82. The Bertz CT molecular complexity index is 1190. The monoisotopic (exact) mass is 569 g/mol. The zero-order valence-electron chi connectivity index (χ0n) is 26.0. The highest BCUT2D eigenvalue weighted by Gasteiger charge is 2.42. The number of aryl methyl sites for hydroxylation is 3. The predicted octanol–water partition coefficient (Wildman–Crippen LogP) is 6.87. The van der Waals surface area contributed by atoms with Crippen LogP contribution in [-0.4, -0.2) is 52.0 Å². The lowest BCUT2D eigenvalue weighted by Gasteiger charge is -2.43.